The van der Waals surface area contributed by atoms with Gasteiger partial charge in [0.15, 0.2) is 5.60 Å². The van der Waals surface area contributed by atoms with Gasteiger partial charge >= 0.3 is 0 Å². The zero-order valence-electron chi connectivity index (χ0n) is 14.3. The van der Waals surface area contributed by atoms with Crippen molar-refractivity contribution in [3.05, 3.63) is 29.3 Å². The lowest BCUT2D eigenvalue weighted by Crippen LogP contribution is -2.53. The lowest BCUT2D eigenvalue weighted by Gasteiger charge is -2.37. The first-order chi connectivity index (χ1) is 11.4. The van der Waals surface area contributed by atoms with Crippen LogP contribution in [0.1, 0.15) is 26.7 Å². The molecule has 1 aromatic carbocycles. The van der Waals surface area contributed by atoms with Gasteiger partial charge in [-0.15, -0.1) is 0 Å². The largest absolute Gasteiger partial charge is 0.478 e. The smallest absolute Gasteiger partial charge is 0.266 e. The molecule has 2 saturated heterocycles. The number of carbonyl (C=O) groups excluding carboxylic acids is 1. The highest BCUT2D eigenvalue weighted by Gasteiger charge is 2.36. The van der Waals surface area contributed by atoms with Gasteiger partial charge in [-0.2, -0.15) is 0 Å². The Kier molecular flexibility index (Phi) is 5.33. The van der Waals surface area contributed by atoms with Gasteiger partial charge in [0.2, 0.25) is 0 Å². The molecule has 2 fully saturated rings. The summed E-state index contributed by atoms with van der Waals surface area (Å²) in [6.45, 7) is 6.95. The van der Waals surface area contributed by atoms with Crippen LogP contribution in [0.15, 0.2) is 24.3 Å². The number of likely N-dealkylation sites (tertiary alicyclic amines) is 1. The Morgan fingerprint density at radius 3 is 2.54 bits per heavy atom. The molecule has 5 nitrogen and oxygen atoms in total. The molecule has 0 spiro atoms. The highest BCUT2D eigenvalue weighted by atomic mass is 35.5. The zero-order chi connectivity index (χ0) is 17.2. The number of rotatable bonds is 6. The Hall–Kier alpha value is -1.30. The van der Waals surface area contributed by atoms with E-state index in [1.165, 1.54) is 0 Å². The summed E-state index contributed by atoms with van der Waals surface area (Å²) in [5.41, 5.74) is -0.893. The Morgan fingerprint density at radius 1 is 1.33 bits per heavy atom. The van der Waals surface area contributed by atoms with Crippen LogP contribution in [0.2, 0.25) is 5.02 Å². The minimum absolute atomic E-state index is 0.0291. The Balaban J connectivity index is 1.50. The molecule has 24 heavy (non-hydrogen) atoms. The molecule has 0 bridgehead atoms. The summed E-state index contributed by atoms with van der Waals surface area (Å²) in [5, 5.41) is 4.17. The standard InChI is InChI=1S/C18H25ClN2O3/c1-18(2,24-15-5-3-13(19)4-6-15)17(22)21-9-7-14(8-10-21)20-11-16-12-23-16/h3-6,14,16,20H,7-12H2,1-2H3. The molecule has 0 saturated carbocycles. The summed E-state index contributed by atoms with van der Waals surface area (Å²) in [5.74, 6) is 0.681. The van der Waals surface area contributed by atoms with Crippen LogP contribution in [0, 0.1) is 0 Å². The SMILES string of the molecule is CC(C)(Oc1ccc(Cl)cc1)C(=O)N1CCC(NCC2CO2)CC1. The number of hydrogen-bond donors (Lipinski definition) is 1. The predicted octanol–water partition coefficient (Wildman–Crippen LogP) is 2.48. The summed E-state index contributed by atoms with van der Waals surface area (Å²) < 4.78 is 11.1. The van der Waals surface area contributed by atoms with E-state index in [-0.39, 0.29) is 5.91 Å². The average molecular weight is 353 g/mol. The quantitative estimate of drug-likeness (QED) is 0.799. The molecule has 6 heteroatoms. The van der Waals surface area contributed by atoms with E-state index in [9.17, 15) is 4.79 Å². The Morgan fingerprint density at radius 2 is 1.96 bits per heavy atom. The van der Waals surface area contributed by atoms with E-state index >= 15 is 0 Å². The highest BCUT2D eigenvalue weighted by molar-refractivity contribution is 6.30. The third-order valence-electron chi connectivity index (χ3n) is 4.52. The first-order valence-corrected chi connectivity index (χ1v) is 8.91. The molecule has 1 aromatic rings. The Bertz CT molecular complexity index is 564. The minimum Gasteiger partial charge on any atom is -0.478 e. The second kappa shape index (κ2) is 7.30. The van der Waals surface area contributed by atoms with E-state index in [1.54, 1.807) is 24.3 Å². The highest BCUT2D eigenvalue weighted by Crippen LogP contribution is 2.24. The number of ether oxygens (including phenoxy) is 2. The first-order valence-electron chi connectivity index (χ1n) is 8.53. The molecule has 132 valence electrons. The fraction of sp³-hybridized carbons (Fsp3) is 0.611. The van der Waals surface area contributed by atoms with Gasteiger partial charge in [0.1, 0.15) is 5.75 Å². The summed E-state index contributed by atoms with van der Waals surface area (Å²) >= 11 is 5.89. The van der Waals surface area contributed by atoms with Gasteiger partial charge in [0, 0.05) is 30.7 Å². The van der Waals surface area contributed by atoms with Gasteiger partial charge in [-0.1, -0.05) is 11.6 Å². The number of nitrogens with zero attached hydrogens (tertiary/aromatic N) is 1. The van der Waals surface area contributed by atoms with Crippen molar-refractivity contribution in [3.8, 4) is 5.75 Å². The molecule has 1 amide bonds. The third-order valence-corrected chi connectivity index (χ3v) is 4.77. The third kappa shape index (κ3) is 4.62. The van der Waals surface area contributed by atoms with E-state index < -0.39 is 5.60 Å². The van der Waals surface area contributed by atoms with Crippen molar-refractivity contribution in [1.82, 2.24) is 10.2 Å². The van der Waals surface area contributed by atoms with Gasteiger partial charge < -0.3 is 19.7 Å². The van der Waals surface area contributed by atoms with Crippen molar-refractivity contribution in [2.45, 2.75) is 44.4 Å². The second-order valence-corrected chi connectivity index (χ2v) is 7.43. The lowest BCUT2D eigenvalue weighted by atomic mass is 10.0. The number of nitrogens with one attached hydrogen (secondary N) is 1. The van der Waals surface area contributed by atoms with Crippen LogP contribution in [-0.4, -0.2) is 54.8 Å². The predicted molar refractivity (Wildman–Crippen MR) is 93.5 cm³/mol. The molecule has 2 heterocycles. The maximum absolute atomic E-state index is 12.8. The molecule has 0 aromatic heterocycles. The van der Waals surface area contributed by atoms with E-state index in [1.807, 2.05) is 18.7 Å². The molecular formula is C18H25ClN2O3. The number of halogens is 1. The van der Waals surface area contributed by atoms with E-state index in [0.29, 0.717) is 22.9 Å². The van der Waals surface area contributed by atoms with Crippen molar-refractivity contribution in [3.63, 3.8) is 0 Å². The summed E-state index contributed by atoms with van der Waals surface area (Å²) in [6.07, 6.45) is 2.33. The number of benzene rings is 1. The number of amides is 1. The topological polar surface area (TPSA) is 54.1 Å². The molecule has 0 radical (unpaired) electrons. The fourth-order valence-corrected chi connectivity index (χ4v) is 3.12. The molecular weight excluding hydrogens is 328 g/mol. The number of carbonyl (C=O) groups is 1. The van der Waals surface area contributed by atoms with Gasteiger partial charge in [-0.25, -0.2) is 0 Å². The summed E-state index contributed by atoms with van der Waals surface area (Å²) in [7, 11) is 0. The minimum atomic E-state index is -0.893. The van der Waals surface area contributed by atoms with Gasteiger partial charge in [0.05, 0.1) is 12.7 Å². The lowest BCUT2D eigenvalue weighted by molar-refractivity contribution is -0.146. The average Bonchev–Trinajstić information content (AvgIpc) is 3.39. The molecule has 3 rings (SSSR count). The number of piperidine rings is 1. The van der Waals surface area contributed by atoms with E-state index in [0.717, 1.165) is 39.1 Å². The number of epoxide rings is 1. The van der Waals surface area contributed by atoms with Crippen LogP contribution in [0.5, 0.6) is 5.75 Å². The van der Waals surface area contributed by atoms with Gasteiger partial charge in [-0.3, -0.25) is 4.79 Å². The van der Waals surface area contributed by atoms with Crippen LogP contribution < -0.4 is 10.1 Å². The number of hydrogen-bond acceptors (Lipinski definition) is 4. The molecule has 1 atom stereocenters. The van der Waals surface area contributed by atoms with Crippen molar-refractivity contribution < 1.29 is 14.3 Å². The second-order valence-electron chi connectivity index (χ2n) is 7.00. The maximum Gasteiger partial charge on any atom is 0.266 e. The van der Waals surface area contributed by atoms with Crippen LogP contribution in [-0.2, 0) is 9.53 Å². The summed E-state index contributed by atoms with van der Waals surface area (Å²) in [6, 6.07) is 7.57. The summed E-state index contributed by atoms with van der Waals surface area (Å²) in [4.78, 5) is 14.7. The van der Waals surface area contributed by atoms with E-state index in [4.69, 9.17) is 21.1 Å². The monoisotopic (exact) mass is 352 g/mol. The molecule has 0 aliphatic carbocycles. The van der Waals surface area contributed by atoms with E-state index in [2.05, 4.69) is 5.32 Å². The molecule has 1 unspecified atom stereocenters. The van der Waals surface area contributed by atoms with Crippen LogP contribution in [0.25, 0.3) is 0 Å². The van der Waals surface area contributed by atoms with Crippen LogP contribution >= 0.6 is 11.6 Å². The zero-order valence-corrected chi connectivity index (χ0v) is 15.0. The van der Waals surface area contributed by atoms with Crippen molar-refractivity contribution in [2.24, 2.45) is 0 Å². The van der Waals surface area contributed by atoms with Gasteiger partial charge in [0.25, 0.3) is 5.91 Å². The van der Waals surface area contributed by atoms with Crippen molar-refractivity contribution in [2.75, 3.05) is 26.2 Å². The van der Waals surface area contributed by atoms with Crippen LogP contribution in [0.3, 0.4) is 0 Å². The fourth-order valence-electron chi connectivity index (χ4n) is 2.99. The van der Waals surface area contributed by atoms with Crippen LogP contribution in [0.4, 0.5) is 0 Å². The molecule has 1 N–H and O–H groups in total. The van der Waals surface area contributed by atoms with Crippen molar-refractivity contribution in [1.29, 1.82) is 0 Å². The maximum atomic E-state index is 12.8. The Labute approximate surface area is 148 Å². The normalized spacial score (nSPS) is 21.6. The first kappa shape index (κ1) is 17.5. The van der Waals surface area contributed by atoms with Gasteiger partial charge in [-0.05, 0) is 51.0 Å². The molecule has 2 aliphatic rings. The molecule has 2 aliphatic heterocycles. The van der Waals surface area contributed by atoms with Crippen molar-refractivity contribution >= 4 is 17.5 Å².